The van der Waals surface area contributed by atoms with Crippen molar-refractivity contribution in [1.82, 2.24) is 15.2 Å². The van der Waals surface area contributed by atoms with E-state index >= 15 is 0 Å². The summed E-state index contributed by atoms with van der Waals surface area (Å²) in [4.78, 5) is 32.7. The number of hydrogen-bond donors (Lipinski definition) is 2. The second-order valence-corrected chi connectivity index (χ2v) is 11.7. The van der Waals surface area contributed by atoms with Crippen LogP contribution in [0.1, 0.15) is 50.0 Å². The number of aliphatic hydroxyl groups is 1. The third-order valence-corrected chi connectivity index (χ3v) is 7.85. The average molecular weight is 571 g/mol. The highest BCUT2D eigenvalue weighted by Crippen LogP contribution is 2.46. The van der Waals surface area contributed by atoms with Crippen molar-refractivity contribution in [2.24, 2.45) is 11.3 Å². The molecule has 1 saturated heterocycles. The highest BCUT2D eigenvalue weighted by atomic mass is 35.5. The Kier molecular flexibility index (Phi) is 8.54. The predicted octanol–water partition coefficient (Wildman–Crippen LogP) is 6.08. The van der Waals surface area contributed by atoms with E-state index in [9.17, 15) is 14.7 Å². The lowest BCUT2D eigenvalue weighted by Gasteiger charge is -2.51. The number of amides is 2. The lowest BCUT2D eigenvalue weighted by atomic mass is 9.66. The molecule has 2 N–H and O–H groups in total. The van der Waals surface area contributed by atoms with E-state index in [0.717, 1.165) is 5.56 Å². The number of benzene rings is 2. The van der Waals surface area contributed by atoms with Gasteiger partial charge in [-0.25, -0.2) is 4.98 Å². The van der Waals surface area contributed by atoms with Gasteiger partial charge in [0.15, 0.2) is 0 Å². The first kappa shape index (κ1) is 28.9. The van der Waals surface area contributed by atoms with Crippen molar-refractivity contribution < 1.29 is 19.4 Å². The molecule has 0 radical (unpaired) electrons. The molecule has 206 valence electrons. The fourth-order valence-electron chi connectivity index (χ4n) is 4.93. The molecule has 0 aliphatic carbocycles. The molecule has 7 nitrogen and oxygen atoms in total. The minimum absolute atomic E-state index is 0.175. The molecule has 0 bridgehead atoms. The number of carbonyl (C=O) groups is 2. The molecule has 1 aliphatic heterocycles. The molecule has 2 amide bonds. The number of para-hydroxylation sites is 1. The van der Waals surface area contributed by atoms with Gasteiger partial charge in [-0.2, -0.15) is 0 Å². The van der Waals surface area contributed by atoms with Crippen LogP contribution < -0.4 is 10.1 Å². The standard InChI is InChI=1S/C30H33Cl2N3O4/c1-19(2)25(34-26(36)20-16-24(32)27(33-17-20)39-23-8-6-5-7-9-23)28(37)35-15-14-30(38,29(3,4)18-35)21-10-12-22(31)13-11-21/h5-13,16-17,19,25,38H,14-15,18H2,1-4H3,(H,34,36). The molecule has 2 aromatic carbocycles. The predicted molar refractivity (Wildman–Crippen MR) is 152 cm³/mol. The number of aromatic nitrogens is 1. The van der Waals surface area contributed by atoms with E-state index in [1.165, 1.54) is 12.3 Å². The number of pyridine rings is 1. The Morgan fingerprint density at radius 2 is 1.74 bits per heavy atom. The van der Waals surface area contributed by atoms with Crippen LogP contribution in [-0.4, -0.2) is 45.9 Å². The van der Waals surface area contributed by atoms with E-state index in [-0.39, 0.29) is 28.3 Å². The van der Waals surface area contributed by atoms with Gasteiger partial charge in [0.25, 0.3) is 5.91 Å². The van der Waals surface area contributed by atoms with Gasteiger partial charge >= 0.3 is 0 Å². The SMILES string of the molecule is CC(C)C(NC(=O)c1cnc(Oc2ccccc2)c(Cl)c1)C(=O)N1CCC(O)(c2ccc(Cl)cc2)C(C)(C)C1. The Morgan fingerprint density at radius 1 is 1.08 bits per heavy atom. The van der Waals surface area contributed by atoms with E-state index in [2.05, 4.69) is 10.3 Å². The highest BCUT2D eigenvalue weighted by Gasteiger charge is 2.50. The topological polar surface area (TPSA) is 91.8 Å². The molecule has 4 rings (SSSR count). The second kappa shape index (κ2) is 11.5. The summed E-state index contributed by atoms with van der Waals surface area (Å²) in [5.74, 6) is -0.0864. The van der Waals surface area contributed by atoms with Crippen LogP contribution in [-0.2, 0) is 10.4 Å². The molecular weight excluding hydrogens is 537 g/mol. The Labute approximate surface area is 239 Å². The molecule has 2 atom stereocenters. The summed E-state index contributed by atoms with van der Waals surface area (Å²) >= 11 is 12.4. The van der Waals surface area contributed by atoms with Crippen molar-refractivity contribution >= 4 is 35.0 Å². The highest BCUT2D eigenvalue weighted by molar-refractivity contribution is 6.32. The number of ether oxygens (including phenoxy) is 1. The van der Waals surface area contributed by atoms with Gasteiger partial charge in [0, 0.05) is 29.7 Å². The van der Waals surface area contributed by atoms with Crippen LogP contribution in [0.4, 0.5) is 0 Å². The first-order valence-corrected chi connectivity index (χ1v) is 13.6. The average Bonchev–Trinajstić information content (AvgIpc) is 2.90. The lowest BCUT2D eigenvalue weighted by Crippen LogP contribution is -2.60. The van der Waals surface area contributed by atoms with E-state index in [1.807, 2.05) is 58.0 Å². The van der Waals surface area contributed by atoms with Gasteiger partial charge in [-0.15, -0.1) is 0 Å². The number of hydrogen-bond acceptors (Lipinski definition) is 5. The third-order valence-electron chi connectivity index (χ3n) is 7.33. The van der Waals surface area contributed by atoms with Crippen LogP contribution in [0.25, 0.3) is 0 Å². The zero-order valence-corrected chi connectivity index (χ0v) is 24.0. The first-order valence-electron chi connectivity index (χ1n) is 12.9. The maximum atomic E-state index is 13.7. The monoisotopic (exact) mass is 569 g/mol. The van der Waals surface area contributed by atoms with Gasteiger partial charge in [0.2, 0.25) is 11.8 Å². The smallest absolute Gasteiger partial charge is 0.253 e. The summed E-state index contributed by atoms with van der Waals surface area (Å²) in [6.07, 6.45) is 1.73. The van der Waals surface area contributed by atoms with E-state index in [1.54, 1.807) is 29.2 Å². The summed E-state index contributed by atoms with van der Waals surface area (Å²) < 4.78 is 5.69. The quantitative estimate of drug-likeness (QED) is 0.359. The summed E-state index contributed by atoms with van der Waals surface area (Å²) in [5, 5.41) is 15.3. The van der Waals surface area contributed by atoms with Crippen LogP contribution >= 0.6 is 23.2 Å². The third kappa shape index (κ3) is 6.21. The van der Waals surface area contributed by atoms with E-state index in [4.69, 9.17) is 27.9 Å². The molecule has 9 heteroatoms. The number of rotatable bonds is 7. The molecule has 1 fully saturated rings. The van der Waals surface area contributed by atoms with Crippen molar-refractivity contribution in [2.45, 2.75) is 45.8 Å². The summed E-state index contributed by atoms with van der Waals surface area (Å²) in [5.41, 5.74) is -0.791. The molecule has 2 unspecified atom stereocenters. The molecule has 2 heterocycles. The van der Waals surface area contributed by atoms with Crippen molar-refractivity contribution in [3.8, 4) is 11.6 Å². The second-order valence-electron chi connectivity index (χ2n) is 10.9. The van der Waals surface area contributed by atoms with Crippen LogP contribution in [0.2, 0.25) is 10.0 Å². The number of nitrogens with zero attached hydrogens (tertiary/aromatic N) is 2. The summed E-state index contributed by atoms with van der Waals surface area (Å²) in [6, 6.07) is 16.9. The first-order chi connectivity index (χ1) is 18.4. The summed E-state index contributed by atoms with van der Waals surface area (Å²) in [7, 11) is 0. The Morgan fingerprint density at radius 3 is 2.33 bits per heavy atom. The Hall–Kier alpha value is -3.13. The minimum atomic E-state index is -1.13. The number of likely N-dealkylation sites (tertiary alicyclic amines) is 1. The van der Waals surface area contributed by atoms with Crippen molar-refractivity contribution in [1.29, 1.82) is 0 Å². The maximum Gasteiger partial charge on any atom is 0.253 e. The van der Waals surface area contributed by atoms with Crippen LogP contribution in [0.15, 0.2) is 66.9 Å². The zero-order valence-electron chi connectivity index (χ0n) is 22.4. The molecule has 1 aliphatic rings. The number of nitrogens with one attached hydrogen (secondary N) is 1. The van der Waals surface area contributed by atoms with Gasteiger partial charge in [0.05, 0.1) is 11.2 Å². The van der Waals surface area contributed by atoms with E-state index in [0.29, 0.717) is 30.3 Å². The number of carbonyl (C=O) groups excluding carboxylic acids is 2. The van der Waals surface area contributed by atoms with Gasteiger partial charge < -0.3 is 20.1 Å². The molecule has 0 spiro atoms. The zero-order chi connectivity index (χ0) is 28.4. The Balaban J connectivity index is 1.46. The van der Waals surface area contributed by atoms with Gasteiger partial charge in [-0.05, 0) is 48.2 Å². The fraction of sp³-hybridized carbons (Fsp3) is 0.367. The normalized spacial score (nSPS) is 19.4. The fourth-order valence-corrected chi connectivity index (χ4v) is 5.26. The molecule has 3 aromatic rings. The van der Waals surface area contributed by atoms with Crippen molar-refractivity contribution in [3.63, 3.8) is 0 Å². The van der Waals surface area contributed by atoms with Crippen LogP contribution in [0.5, 0.6) is 11.6 Å². The van der Waals surface area contributed by atoms with Crippen LogP contribution in [0, 0.1) is 11.3 Å². The maximum absolute atomic E-state index is 13.7. The summed E-state index contributed by atoms with van der Waals surface area (Å²) in [6.45, 7) is 8.31. The van der Waals surface area contributed by atoms with Crippen molar-refractivity contribution in [3.05, 3.63) is 88.0 Å². The lowest BCUT2D eigenvalue weighted by molar-refractivity contribution is -0.155. The van der Waals surface area contributed by atoms with Gasteiger partial charge in [-0.1, -0.05) is 81.2 Å². The molecule has 39 heavy (non-hydrogen) atoms. The van der Waals surface area contributed by atoms with Gasteiger partial charge in [0.1, 0.15) is 16.8 Å². The largest absolute Gasteiger partial charge is 0.438 e. The van der Waals surface area contributed by atoms with Crippen molar-refractivity contribution in [2.75, 3.05) is 13.1 Å². The molecular formula is C30H33Cl2N3O4. The van der Waals surface area contributed by atoms with E-state index < -0.39 is 23.0 Å². The Bertz CT molecular complexity index is 1330. The van der Waals surface area contributed by atoms with Gasteiger partial charge in [-0.3, -0.25) is 9.59 Å². The number of piperidine rings is 1. The van der Waals surface area contributed by atoms with Crippen LogP contribution in [0.3, 0.4) is 0 Å². The number of halogens is 2. The molecule has 0 saturated carbocycles. The molecule has 1 aromatic heterocycles. The minimum Gasteiger partial charge on any atom is -0.438 e.